The molecule has 10 nitrogen and oxygen atoms in total. The number of rotatable bonds is 8. The van der Waals surface area contributed by atoms with Gasteiger partial charge in [-0.05, 0) is 64.2 Å². The van der Waals surface area contributed by atoms with Gasteiger partial charge in [-0.3, -0.25) is 14.9 Å². The quantitative estimate of drug-likeness (QED) is 0.274. The lowest BCUT2D eigenvalue weighted by Crippen LogP contribution is -2.45. The van der Waals surface area contributed by atoms with E-state index in [1.807, 2.05) is 0 Å². The number of nitrogens with zero attached hydrogens (tertiary/aromatic N) is 1. The zero-order valence-electron chi connectivity index (χ0n) is 18.6. The van der Waals surface area contributed by atoms with E-state index >= 15 is 0 Å². The summed E-state index contributed by atoms with van der Waals surface area (Å²) in [6, 6.07) is 4.21. The number of esters is 2. The van der Waals surface area contributed by atoms with E-state index < -0.39 is 41.0 Å². The number of nitro groups is 1. The fourth-order valence-electron chi connectivity index (χ4n) is 3.20. The molecule has 1 saturated carbocycles. The van der Waals surface area contributed by atoms with Crippen LogP contribution in [-0.2, 0) is 30.4 Å². The molecule has 1 amide bonds. The van der Waals surface area contributed by atoms with Gasteiger partial charge in [-0.2, -0.15) is 0 Å². The van der Waals surface area contributed by atoms with Gasteiger partial charge >= 0.3 is 18.0 Å². The summed E-state index contributed by atoms with van der Waals surface area (Å²) in [5, 5.41) is 13.1. The molecule has 0 saturated heterocycles. The molecule has 1 aromatic carbocycles. The number of nitro benzene ring substituents is 1. The molecule has 1 atom stereocenters. The van der Waals surface area contributed by atoms with Gasteiger partial charge in [0.2, 0.25) is 0 Å². The molecule has 1 aromatic rings. The fourth-order valence-corrected chi connectivity index (χ4v) is 3.20. The number of benzene rings is 1. The lowest BCUT2D eigenvalue weighted by molar-refractivity contribution is -0.384. The topological polar surface area (TPSA) is 134 Å². The second-order valence-corrected chi connectivity index (χ2v) is 8.68. The molecule has 1 aliphatic rings. The number of nitrogens with one attached hydrogen (secondary N) is 1. The molecule has 1 aliphatic carbocycles. The maximum atomic E-state index is 12.6. The minimum atomic E-state index is -1.29. The fraction of sp³-hybridized carbons (Fsp3) is 0.591. The number of hydrogen-bond donors (Lipinski definition) is 1. The highest BCUT2D eigenvalue weighted by molar-refractivity contribution is 5.86. The van der Waals surface area contributed by atoms with E-state index in [4.69, 9.17) is 14.2 Å². The number of amides is 1. The lowest BCUT2D eigenvalue weighted by Gasteiger charge is -2.24. The number of ether oxygens (including phenoxy) is 3. The van der Waals surface area contributed by atoms with Crippen LogP contribution in [0.3, 0.4) is 0 Å². The Morgan fingerprint density at radius 2 is 1.75 bits per heavy atom. The number of hydrogen-bond acceptors (Lipinski definition) is 8. The summed E-state index contributed by atoms with van der Waals surface area (Å²) in [4.78, 5) is 47.4. The van der Waals surface area contributed by atoms with Crippen molar-refractivity contribution in [1.29, 1.82) is 0 Å². The summed E-state index contributed by atoms with van der Waals surface area (Å²) >= 11 is 0. The Hall–Kier alpha value is -3.17. The van der Waals surface area contributed by atoms with Crippen molar-refractivity contribution in [2.75, 3.05) is 0 Å². The van der Waals surface area contributed by atoms with E-state index in [0.29, 0.717) is 5.56 Å². The van der Waals surface area contributed by atoms with Crippen LogP contribution < -0.4 is 5.32 Å². The second-order valence-electron chi connectivity index (χ2n) is 8.68. The van der Waals surface area contributed by atoms with Crippen molar-refractivity contribution in [3.8, 4) is 0 Å². The van der Waals surface area contributed by atoms with Crippen LogP contribution in [0.25, 0.3) is 0 Å². The summed E-state index contributed by atoms with van der Waals surface area (Å²) in [6.07, 6.45) is 3.18. The van der Waals surface area contributed by atoms with Gasteiger partial charge in [0, 0.05) is 12.1 Å². The van der Waals surface area contributed by atoms with E-state index in [2.05, 4.69) is 5.32 Å². The SMILES string of the molecule is CC(C)(C)OC(=O)NC(CC(=O)OC1CCCCC1)C(=O)OCc1ccc([N+](=O)[O-])cc1. The molecule has 176 valence electrons. The van der Waals surface area contributed by atoms with Crippen LogP contribution in [0.5, 0.6) is 0 Å². The van der Waals surface area contributed by atoms with Crippen molar-refractivity contribution in [3.63, 3.8) is 0 Å². The number of carbonyl (C=O) groups is 3. The van der Waals surface area contributed by atoms with Crippen LogP contribution in [0.2, 0.25) is 0 Å². The zero-order chi connectivity index (χ0) is 23.7. The molecule has 2 rings (SSSR count). The summed E-state index contributed by atoms with van der Waals surface area (Å²) in [5.74, 6) is -1.44. The van der Waals surface area contributed by atoms with Crippen molar-refractivity contribution in [2.24, 2.45) is 0 Å². The van der Waals surface area contributed by atoms with Crippen LogP contribution in [-0.4, -0.2) is 40.7 Å². The molecule has 0 bridgehead atoms. The Labute approximate surface area is 186 Å². The predicted molar refractivity (Wildman–Crippen MR) is 114 cm³/mol. The van der Waals surface area contributed by atoms with Crippen LogP contribution in [0.15, 0.2) is 24.3 Å². The summed E-state index contributed by atoms with van der Waals surface area (Å²) < 4.78 is 15.9. The van der Waals surface area contributed by atoms with Crippen LogP contribution in [0.1, 0.15) is 64.9 Å². The summed E-state index contributed by atoms with van der Waals surface area (Å²) in [5.41, 5.74) is -0.361. The van der Waals surface area contributed by atoms with Crippen molar-refractivity contribution in [3.05, 3.63) is 39.9 Å². The van der Waals surface area contributed by atoms with Crippen LogP contribution >= 0.6 is 0 Å². The van der Waals surface area contributed by atoms with Crippen molar-refractivity contribution < 1.29 is 33.5 Å². The Balaban J connectivity index is 1.99. The number of non-ortho nitro benzene ring substituents is 1. The molecule has 0 spiro atoms. The molecule has 1 N–H and O–H groups in total. The van der Waals surface area contributed by atoms with E-state index in [1.165, 1.54) is 24.3 Å². The van der Waals surface area contributed by atoms with E-state index in [-0.39, 0.29) is 18.4 Å². The first-order valence-electron chi connectivity index (χ1n) is 10.6. The van der Waals surface area contributed by atoms with Crippen LogP contribution in [0, 0.1) is 10.1 Å². The Morgan fingerprint density at radius 3 is 2.31 bits per heavy atom. The molecule has 1 fully saturated rings. The van der Waals surface area contributed by atoms with E-state index in [1.54, 1.807) is 20.8 Å². The molecule has 0 radical (unpaired) electrons. The molecule has 32 heavy (non-hydrogen) atoms. The average Bonchev–Trinajstić information content (AvgIpc) is 2.71. The number of alkyl carbamates (subject to hydrolysis) is 1. The van der Waals surface area contributed by atoms with Gasteiger partial charge in [0.05, 0.1) is 11.3 Å². The predicted octanol–water partition coefficient (Wildman–Crippen LogP) is 3.80. The monoisotopic (exact) mass is 450 g/mol. The highest BCUT2D eigenvalue weighted by Gasteiger charge is 2.30. The average molecular weight is 450 g/mol. The molecule has 0 aliphatic heterocycles. The maximum Gasteiger partial charge on any atom is 0.408 e. The van der Waals surface area contributed by atoms with E-state index in [9.17, 15) is 24.5 Å². The first-order valence-corrected chi connectivity index (χ1v) is 10.6. The molecular weight excluding hydrogens is 420 g/mol. The molecule has 0 heterocycles. The van der Waals surface area contributed by atoms with E-state index in [0.717, 1.165) is 32.1 Å². The molecule has 0 aromatic heterocycles. The highest BCUT2D eigenvalue weighted by Crippen LogP contribution is 2.21. The first-order chi connectivity index (χ1) is 15.0. The zero-order valence-corrected chi connectivity index (χ0v) is 18.6. The van der Waals surface area contributed by atoms with Gasteiger partial charge < -0.3 is 19.5 Å². The third-order valence-corrected chi connectivity index (χ3v) is 4.72. The molecule has 10 heteroatoms. The summed E-state index contributed by atoms with van der Waals surface area (Å²) in [6.45, 7) is 4.84. The summed E-state index contributed by atoms with van der Waals surface area (Å²) in [7, 11) is 0. The van der Waals surface area contributed by atoms with Gasteiger partial charge in [-0.15, -0.1) is 0 Å². The Bertz CT molecular complexity index is 810. The standard InChI is InChI=1S/C22H30N2O8/c1-22(2,3)32-21(27)23-18(13-19(25)31-17-7-5-4-6-8-17)20(26)30-14-15-9-11-16(12-10-15)24(28)29/h9-12,17-18H,4-8,13-14H2,1-3H3,(H,23,27). The molecule has 1 unspecified atom stereocenters. The first kappa shape index (κ1) is 25.1. The lowest BCUT2D eigenvalue weighted by atomic mass is 9.98. The highest BCUT2D eigenvalue weighted by atomic mass is 16.6. The van der Waals surface area contributed by atoms with Crippen molar-refractivity contribution in [1.82, 2.24) is 5.32 Å². The Kier molecular flexibility index (Phi) is 8.98. The normalized spacial score (nSPS) is 15.3. The third-order valence-electron chi connectivity index (χ3n) is 4.72. The Morgan fingerprint density at radius 1 is 1.12 bits per heavy atom. The van der Waals surface area contributed by atoms with Crippen molar-refractivity contribution in [2.45, 2.75) is 83.6 Å². The number of carbonyl (C=O) groups excluding carboxylic acids is 3. The van der Waals surface area contributed by atoms with Gasteiger partial charge in [-0.25, -0.2) is 9.59 Å². The maximum absolute atomic E-state index is 12.6. The van der Waals surface area contributed by atoms with Gasteiger partial charge in [0.15, 0.2) is 0 Å². The van der Waals surface area contributed by atoms with Gasteiger partial charge in [0.1, 0.15) is 24.4 Å². The van der Waals surface area contributed by atoms with Gasteiger partial charge in [-0.1, -0.05) is 6.42 Å². The minimum Gasteiger partial charge on any atom is -0.462 e. The second kappa shape index (κ2) is 11.4. The van der Waals surface area contributed by atoms with Crippen molar-refractivity contribution >= 4 is 23.7 Å². The third kappa shape index (κ3) is 8.91. The molecular formula is C22H30N2O8. The minimum absolute atomic E-state index is 0.0880. The van der Waals surface area contributed by atoms with Gasteiger partial charge in [0.25, 0.3) is 5.69 Å². The smallest absolute Gasteiger partial charge is 0.408 e. The largest absolute Gasteiger partial charge is 0.462 e. The van der Waals surface area contributed by atoms with Crippen LogP contribution in [0.4, 0.5) is 10.5 Å².